The summed E-state index contributed by atoms with van der Waals surface area (Å²) in [7, 11) is 0. The van der Waals surface area contributed by atoms with E-state index >= 15 is 0 Å². The molecule has 1 amide bonds. The van der Waals surface area contributed by atoms with Crippen LogP contribution in [0.5, 0.6) is 0 Å². The van der Waals surface area contributed by atoms with Crippen molar-refractivity contribution in [2.75, 3.05) is 6.54 Å². The first-order chi connectivity index (χ1) is 8.29. The highest BCUT2D eigenvalue weighted by Gasteiger charge is 2.35. The molecule has 0 aromatic rings. The zero-order valence-electron chi connectivity index (χ0n) is 11.0. The minimum Gasteiger partial charge on any atom is -0.352 e. The Balaban J connectivity index is 1.55. The quantitative estimate of drug-likeness (QED) is 0.745. The Morgan fingerprint density at radius 1 is 1.24 bits per heavy atom. The highest BCUT2D eigenvalue weighted by molar-refractivity contribution is 5.78. The second kappa shape index (κ2) is 6.39. The molecule has 2 rings (SSSR count). The van der Waals surface area contributed by atoms with E-state index in [0.29, 0.717) is 18.6 Å². The lowest BCUT2D eigenvalue weighted by atomic mass is 9.95. The van der Waals surface area contributed by atoms with E-state index in [-0.39, 0.29) is 5.91 Å². The van der Waals surface area contributed by atoms with E-state index in [2.05, 4.69) is 17.6 Å². The summed E-state index contributed by atoms with van der Waals surface area (Å²) in [5.74, 6) is 1.03. The maximum absolute atomic E-state index is 11.7. The van der Waals surface area contributed by atoms with Gasteiger partial charge in [0.05, 0.1) is 6.54 Å². The number of carbonyl (C=O) groups excluding carboxylic acids is 1. The van der Waals surface area contributed by atoms with E-state index in [1.165, 1.54) is 51.4 Å². The van der Waals surface area contributed by atoms with Gasteiger partial charge in [-0.05, 0) is 31.6 Å². The first-order valence-corrected chi connectivity index (χ1v) is 7.32. The zero-order valence-corrected chi connectivity index (χ0v) is 11.0. The molecule has 2 aliphatic rings. The normalized spacial score (nSPS) is 29.0. The van der Waals surface area contributed by atoms with Crippen molar-refractivity contribution in [1.82, 2.24) is 10.6 Å². The van der Waals surface area contributed by atoms with Gasteiger partial charge in [0.2, 0.25) is 5.91 Å². The molecule has 0 aromatic heterocycles. The average molecular weight is 238 g/mol. The Morgan fingerprint density at radius 3 is 2.71 bits per heavy atom. The van der Waals surface area contributed by atoms with Crippen LogP contribution < -0.4 is 10.6 Å². The lowest BCUT2D eigenvalue weighted by molar-refractivity contribution is -0.121. The molecule has 0 saturated heterocycles. The van der Waals surface area contributed by atoms with Crippen molar-refractivity contribution in [2.45, 2.75) is 70.4 Å². The van der Waals surface area contributed by atoms with Crippen molar-refractivity contribution >= 4 is 5.91 Å². The van der Waals surface area contributed by atoms with Gasteiger partial charge in [-0.2, -0.15) is 0 Å². The van der Waals surface area contributed by atoms with Gasteiger partial charge in [0.15, 0.2) is 0 Å². The minimum atomic E-state index is 0.194. The largest absolute Gasteiger partial charge is 0.352 e. The zero-order chi connectivity index (χ0) is 12.1. The number of carbonyl (C=O) groups is 1. The summed E-state index contributed by atoms with van der Waals surface area (Å²) >= 11 is 0. The van der Waals surface area contributed by atoms with Gasteiger partial charge in [-0.15, -0.1) is 0 Å². The van der Waals surface area contributed by atoms with E-state index in [1.54, 1.807) is 0 Å². The highest BCUT2D eigenvalue weighted by Crippen LogP contribution is 2.34. The molecule has 3 nitrogen and oxygen atoms in total. The van der Waals surface area contributed by atoms with Gasteiger partial charge < -0.3 is 10.6 Å². The fourth-order valence-electron chi connectivity index (χ4n) is 2.94. The van der Waals surface area contributed by atoms with Gasteiger partial charge in [-0.3, -0.25) is 4.79 Å². The molecule has 2 unspecified atom stereocenters. The van der Waals surface area contributed by atoms with Crippen molar-refractivity contribution < 1.29 is 4.79 Å². The summed E-state index contributed by atoms with van der Waals surface area (Å²) in [5.41, 5.74) is 0. The summed E-state index contributed by atoms with van der Waals surface area (Å²) in [6.45, 7) is 2.74. The monoisotopic (exact) mass is 238 g/mol. The van der Waals surface area contributed by atoms with Crippen LogP contribution in [0.15, 0.2) is 0 Å². The Kier molecular flexibility index (Phi) is 4.84. The number of nitrogens with one attached hydrogen (secondary N) is 2. The maximum atomic E-state index is 11.7. The van der Waals surface area contributed by atoms with Crippen molar-refractivity contribution in [1.29, 1.82) is 0 Å². The third kappa shape index (κ3) is 4.30. The molecule has 0 heterocycles. The molecule has 2 atom stereocenters. The Labute approximate surface area is 105 Å². The van der Waals surface area contributed by atoms with Crippen molar-refractivity contribution in [2.24, 2.45) is 5.92 Å². The minimum absolute atomic E-state index is 0.194. The van der Waals surface area contributed by atoms with E-state index < -0.39 is 0 Å². The van der Waals surface area contributed by atoms with Crippen LogP contribution in [0.4, 0.5) is 0 Å². The highest BCUT2D eigenvalue weighted by atomic mass is 16.2. The van der Waals surface area contributed by atoms with Crippen LogP contribution >= 0.6 is 0 Å². The molecule has 2 aliphatic carbocycles. The SMILES string of the molecule is CCCC1CC1NCC(=O)NC1CCCCC1. The van der Waals surface area contributed by atoms with Crippen molar-refractivity contribution in [3.8, 4) is 0 Å². The molecule has 98 valence electrons. The lowest BCUT2D eigenvalue weighted by Crippen LogP contribution is -2.41. The van der Waals surface area contributed by atoms with Gasteiger partial charge in [0.1, 0.15) is 0 Å². The maximum Gasteiger partial charge on any atom is 0.234 e. The topological polar surface area (TPSA) is 41.1 Å². The van der Waals surface area contributed by atoms with Gasteiger partial charge in [0.25, 0.3) is 0 Å². The van der Waals surface area contributed by atoms with Crippen LogP contribution in [0.25, 0.3) is 0 Å². The third-order valence-corrected chi connectivity index (χ3v) is 4.08. The van der Waals surface area contributed by atoms with Gasteiger partial charge in [0, 0.05) is 12.1 Å². The summed E-state index contributed by atoms with van der Waals surface area (Å²) in [5, 5.41) is 6.52. The number of hydrogen-bond donors (Lipinski definition) is 2. The molecule has 0 aliphatic heterocycles. The van der Waals surface area contributed by atoms with Crippen LogP contribution in [0, 0.1) is 5.92 Å². The van der Waals surface area contributed by atoms with Crippen LogP contribution in [0.2, 0.25) is 0 Å². The average Bonchev–Trinajstić information content (AvgIpc) is 3.07. The number of hydrogen-bond acceptors (Lipinski definition) is 2. The molecule has 0 bridgehead atoms. The van der Waals surface area contributed by atoms with E-state index in [4.69, 9.17) is 0 Å². The van der Waals surface area contributed by atoms with Crippen LogP contribution in [0.3, 0.4) is 0 Å². The predicted octanol–water partition coefficient (Wildman–Crippen LogP) is 2.21. The molecule has 2 saturated carbocycles. The van der Waals surface area contributed by atoms with Crippen molar-refractivity contribution in [3.63, 3.8) is 0 Å². The molecule has 0 radical (unpaired) electrons. The molecular weight excluding hydrogens is 212 g/mol. The fraction of sp³-hybridized carbons (Fsp3) is 0.929. The lowest BCUT2D eigenvalue weighted by Gasteiger charge is -2.22. The summed E-state index contributed by atoms with van der Waals surface area (Å²) in [4.78, 5) is 11.7. The standard InChI is InChI=1S/C14H26N2O/c1-2-6-11-9-13(11)15-10-14(17)16-12-7-4-3-5-8-12/h11-13,15H,2-10H2,1H3,(H,16,17). The molecular formula is C14H26N2O. The Morgan fingerprint density at radius 2 is 2.00 bits per heavy atom. The molecule has 2 N–H and O–H groups in total. The van der Waals surface area contributed by atoms with Crippen LogP contribution in [-0.4, -0.2) is 24.5 Å². The van der Waals surface area contributed by atoms with Gasteiger partial charge in [-0.25, -0.2) is 0 Å². The van der Waals surface area contributed by atoms with Crippen LogP contribution in [0.1, 0.15) is 58.3 Å². The van der Waals surface area contributed by atoms with E-state index in [1.807, 2.05) is 0 Å². The fourth-order valence-corrected chi connectivity index (χ4v) is 2.94. The molecule has 0 aromatic carbocycles. The summed E-state index contributed by atoms with van der Waals surface area (Å²) < 4.78 is 0. The Hall–Kier alpha value is -0.570. The Bertz CT molecular complexity index is 249. The van der Waals surface area contributed by atoms with Gasteiger partial charge in [-0.1, -0.05) is 32.6 Å². The van der Waals surface area contributed by atoms with Crippen LogP contribution in [-0.2, 0) is 4.79 Å². The van der Waals surface area contributed by atoms with E-state index in [9.17, 15) is 4.79 Å². The molecule has 0 spiro atoms. The first kappa shape index (κ1) is 12.9. The van der Waals surface area contributed by atoms with Gasteiger partial charge >= 0.3 is 0 Å². The predicted molar refractivity (Wildman–Crippen MR) is 69.8 cm³/mol. The summed E-state index contributed by atoms with van der Waals surface area (Å²) in [6.07, 6.45) is 10.1. The number of amides is 1. The third-order valence-electron chi connectivity index (χ3n) is 4.08. The summed E-state index contributed by atoms with van der Waals surface area (Å²) in [6, 6.07) is 1.07. The van der Waals surface area contributed by atoms with Crippen molar-refractivity contribution in [3.05, 3.63) is 0 Å². The van der Waals surface area contributed by atoms with E-state index in [0.717, 1.165) is 5.92 Å². The smallest absolute Gasteiger partial charge is 0.234 e. The molecule has 2 fully saturated rings. The second-order valence-corrected chi connectivity index (χ2v) is 5.67. The second-order valence-electron chi connectivity index (χ2n) is 5.67. The number of rotatable bonds is 6. The first-order valence-electron chi connectivity index (χ1n) is 7.32. The molecule has 3 heteroatoms. The molecule has 17 heavy (non-hydrogen) atoms.